The molecule has 0 bridgehead atoms. The normalized spacial score (nSPS) is 20.6. The molecule has 0 fully saturated rings. The average molecular weight is 405 g/mol. The SMILES string of the molecule is CC(C)COC(=O)n1cc(CC2(C)C(=O)NC(C)(C)c3ccc(Cl)nc32)cn1. The van der Waals surface area contributed by atoms with Gasteiger partial charge in [0, 0.05) is 6.20 Å². The van der Waals surface area contributed by atoms with Crippen molar-refractivity contribution >= 4 is 23.6 Å². The van der Waals surface area contributed by atoms with E-state index in [0.717, 1.165) is 15.8 Å². The van der Waals surface area contributed by atoms with Crippen LogP contribution >= 0.6 is 11.6 Å². The Labute approximate surface area is 169 Å². The Morgan fingerprint density at radius 3 is 2.71 bits per heavy atom. The van der Waals surface area contributed by atoms with Crippen molar-refractivity contribution in [2.45, 2.75) is 52.0 Å². The second-order valence-electron chi connectivity index (χ2n) is 8.38. The number of pyridine rings is 1. The van der Waals surface area contributed by atoms with Gasteiger partial charge in [0.05, 0.1) is 29.5 Å². The van der Waals surface area contributed by atoms with E-state index in [2.05, 4.69) is 15.4 Å². The third-order valence-electron chi connectivity index (χ3n) is 4.91. The van der Waals surface area contributed by atoms with Crippen LogP contribution in [0.25, 0.3) is 0 Å². The molecule has 1 aliphatic rings. The maximum atomic E-state index is 13.0. The molecule has 2 aromatic heterocycles. The van der Waals surface area contributed by atoms with Crippen molar-refractivity contribution in [2.24, 2.45) is 5.92 Å². The van der Waals surface area contributed by atoms with Gasteiger partial charge < -0.3 is 10.1 Å². The molecule has 1 aliphatic heterocycles. The minimum absolute atomic E-state index is 0.144. The summed E-state index contributed by atoms with van der Waals surface area (Å²) >= 11 is 6.13. The molecule has 0 radical (unpaired) electrons. The van der Waals surface area contributed by atoms with Gasteiger partial charge >= 0.3 is 6.09 Å². The van der Waals surface area contributed by atoms with Gasteiger partial charge in [-0.2, -0.15) is 9.78 Å². The minimum Gasteiger partial charge on any atom is -0.448 e. The van der Waals surface area contributed by atoms with E-state index in [4.69, 9.17) is 16.3 Å². The molecule has 1 atom stereocenters. The van der Waals surface area contributed by atoms with Crippen LogP contribution in [0.4, 0.5) is 4.79 Å². The quantitative estimate of drug-likeness (QED) is 0.789. The van der Waals surface area contributed by atoms with E-state index in [9.17, 15) is 9.59 Å². The molecule has 8 heteroatoms. The summed E-state index contributed by atoms with van der Waals surface area (Å²) in [6.45, 7) is 9.93. The molecule has 1 amide bonds. The highest BCUT2D eigenvalue weighted by atomic mass is 35.5. The highest BCUT2D eigenvalue weighted by Crippen LogP contribution is 2.39. The van der Waals surface area contributed by atoms with Crippen molar-refractivity contribution < 1.29 is 14.3 Å². The molecule has 2 aromatic rings. The number of hydrogen-bond donors (Lipinski definition) is 1. The number of halogens is 1. The smallest absolute Gasteiger partial charge is 0.434 e. The van der Waals surface area contributed by atoms with Crippen LogP contribution in [0.15, 0.2) is 24.5 Å². The van der Waals surface area contributed by atoms with Gasteiger partial charge in [-0.3, -0.25) is 4.79 Å². The van der Waals surface area contributed by atoms with E-state index in [0.29, 0.717) is 23.9 Å². The maximum absolute atomic E-state index is 13.0. The Morgan fingerprint density at radius 2 is 2.04 bits per heavy atom. The molecule has 0 saturated heterocycles. The number of nitrogens with one attached hydrogen (secondary N) is 1. The lowest BCUT2D eigenvalue weighted by molar-refractivity contribution is -0.129. The predicted molar refractivity (Wildman–Crippen MR) is 105 cm³/mol. The largest absolute Gasteiger partial charge is 0.448 e. The van der Waals surface area contributed by atoms with Gasteiger partial charge in [-0.25, -0.2) is 9.78 Å². The van der Waals surface area contributed by atoms with Gasteiger partial charge in [-0.1, -0.05) is 31.5 Å². The number of fused-ring (bicyclic) bond motifs is 1. The van der Waals surface area contributed by atoms with Crippen molar-refractivity contribution in [1.29, 1.82) is 0 Å². The van der Waals surface area contributed by atoms with Gasteiger partial charge in [-0.05, 0) is 50.3 Å². The molecule has 7 nitrogen and oxygen atoms in total. The van der Waals surface area contributed by atoms with Gasteiger partial charge in [0.1, 0.15) is 5.15 Å². The molecule has 3 rings (SSSR count). The van der Waals surface area contributed by atoms with Crippen LogP contribution in [0, 0.1) is 5.92 Å². The van der Waals surface area contributed by atoms with E-state index >= 15 is 0 Å². The van der Waals surface area contributed by atoms with E-state index in [1.807, 2.05) is 40.7 Å². The van der Waals surface area contributed by atoms with Crippen molar-refractivity contribution in [3.63, 3.8) is 0 Å². The van der Waals surface area contributed by atoms with E-state index < -0.39 is 17.0 Å². The van der Waals surface area contributed by atoms with E-state index in [-0.39, 0.29) is 11.8 Å². The summed E-state index contributed by atoms with van der Waals surface area (Å²) in [5, 5.41) is 7.48. The lowest BCUT2D eigenvalue weighted by Gasteiger charge is -2.42. The third-order valence-corrected chi connectivity index (χ3v) is 5.12. The summed E-state index contributed by atoms with van der Waals surface area (Å²) in [7, 11) is 0. The van der Waals surface area contributed by atoms with Crippen molar-refractivity contribution in [2.75, 3.05) is 6.61 Å². The lowest BCUT2D eigenvalue weighted by atomic mass is 9.71. The fraction of sp³-hybridized carbons (Fsp3) is 0.500. The number of amides is 1. The first kappa shape index (κ1) is 20.3. The van der Waals surface area contributed by atoms with Gasteiger partial charge in [0.2, 0.25) is 5.91 Å². The van der Waals surface area contributed by atoms with Crippen LogP contribution in [0.2, 0.25) is 5.15 Å². The summed E-state index contributed by atoms with van der Waals surface area (Å²) in [6, 6.07) is 3.62. The molecular weight excluding hydrogens is 380 g/mol. The second-order valence-corrected chi connectivity index (χ2v) is 8.77. The fourth-order valence-electron chi connectivity index (χ4n) is 3.38. The first-order valence-electron chi connectivity index (χ1n) is 9.24. The van der Waals surface area contributed by atoms with Gasteiger partial charge in [0.15, 0.2) is 0 Å². The van der Waals surface area contributed by atoms with Crippen LogP contribution < -0.4 is 5.32 Å². The van der Waals surface area contributed by atoms with Gasteiger partial charge in [0.25, 0.3) is 0 Å². The van der Waals surface area contributed by atoms with Crippen molar-refractivity contribution in [1.82, 2.24) is 20.1 Å². The lowest BCUT2D eigenvalue weighted by Crippen LogP contribution is -2.57. The molecule has 0 spiro atoms. The highest BCUT2D eigenvalue weighted by Gasteiger charge is 2.47. The van der Waals surface area contributed by atoms with E-state index in [1.54, 1.807) is 18.5 Å². The molecule has 0 aromatic carbocycles. The van der Waals surface area contributed by atoms with Crippen LogP contribution in [-0.2, 0) is 26.9 Å². The second kappa shape index (κ2) is 7.20. The molecule has 28 heavy (non-hydrogen) atoms. The zero-order valence-corrected chi connectivity index (χ0v) is 17.5. The zero-order valence-electron chi connectivity index (χ0n) is 16.7. The number of aromatic nitrogens is 3. The first-order valence-corrected chi connectivity index (χ1v) is 9.61. The topological polar surface area (TPSA) is 86.1 Å². The minimum atomic E-state index is -0.939. The van der Waals surface area contributed by atoms with Crippen LogP contribution in [-0.4, -0.2) is 33.4 Å². The van der Waals surface area contributed by atoms with Gasteiger partial charge in [-0.15, -0.1) is 0 Å². The third kappa shape index (κ3) is 3.76. The molecule has 1 N–H and O–H groups in total. The standard InChI is InChI=1S/C20H25ClN4O3/c1-12(2)11-28-18(27)25-10-13(9-22-25)8-20(5)16-14(6-7-15(21)23-16)19(3,4)24-17(20)26/h6-7,9-10,12H,8,11H2,1-5H3,(H,24,26). The summed E-state index contributed by atoms with van der Waals surface area (Å²) < 4.78 is 6.34. The first-order chi connectivity index (χ1) is 13.0. The van der Waals surface area contributed by atoms with E-state index in [1.165, 1.54) is 0 Å². The average Bonchev–Trinajstić information content (AvgIpc) is 3.06. The number of hydrogen-bond acceptors (Lipinski definition) is 5. The monoisotopic (exact) mass is 404 g/mol. The number of carbonyl (C=O) groups excluding carboxylic acids is 2. The summed E-state index contributed by atoms with van der Waals surface area (Å²) in [4.78, 5) is 29.6. The molecular formula is C20H25ClN4O3. The molecule has 1 unspecified atom stereocenters. The summed E-state index contributed by atoms with van der Waals surface area (Å²) in [5.41, 5.74) is 0.804. The van der Waals surface area contributed by atoms with Crippen LogP contribution in [0.5, 0.6) is 0 Å². The van der Waals surface area contributed by atoms with Crippen LogP contribution in [0.1, 0.15) is 51.4 Å². The number of rotatable bonds is 4. The Morgan fingerprint density at radius 1 is 1.32 bits per heavy atom. The Hall–Kier alpha value is -2.41. The summed E-state index contributed by atoms with van der Waals surface area (Å²) in [6.07, 6.45) is 2.94. The fourth-order valence-corrected chi connectivity index (χ4v) is 3.53. The maximum Gasteiger partial charge on any atom is 0.434 e. The molecule has 3 heterocycles. The number of nitrogens with zero attached hydrogens (tertiary/aromatic N) is 3. The highest BCUT2D eigenvalue weighted by molar-refractivity contribution is 6.29. The molecule has 0 aliphatic carbocycles. The zero-order chi connectivity index (χ0) is 20.7. The van der Waals surface area contributed by atoms with Crippen LogP contribution in [0.3, 0.4) is 0 Å². The molecule has 0 saturated carbocycles. The van der Waals surface area contributed by atoms with Crippen molar-refractivity contribution in [3.8, 4) is 0 Å². The molecule has 150 valence electrons. The summed E-state index contributed by atoms with van der Waals surface area (Å²) in [5.74, 6) is 0.0920. The van der Waals surface area contributed by atoms with Crippen molar-refractivity contribution in [3.05, 3.63) is 46.5 Å². The number of ether oxygens (including phenoxy) is 1. The Bertz CT molecular complexity index is 922. The number of carbonyl (C=O) groups is 2. The predicted octanol–water partition coefficient (Wildman–Crippen LogP) is 3.44. The Balaban J connectivity index is 1.91. The Kier molecular flexibility index (Phi) is 5.23.